The van der Waals surface area contributed by atoms with E-state index in [1.807, 2.05) is 36.1 Å². The summed E-state index contributed by atoms with van der Waals surface area (Å²) in [6.07, 6.45) is 5.99. The SMILES string of the molecule is CC[C@@H]1CCCCN1C(=O)c1cnc2nc(C)ccc2c1Nc1ccc(C)cc1. The molecule has 3 heterocycles. The van der Waals surface area contributed by atoms with Crippen LogP contribution >= 0.6 is 0 Å². The van der Waals surface area contributed by atoms with Gasteiger partial charge in [0.15, 0.2) is 5.65 Å². The Hall–Kier alpha value is -2.95. The van der Waals surface area contributed by atoms with E-state index in [0.29, 0.717) is 17.3 Å². The molecule has 0 radical (unpaired) electrons. The molecule has 150 valence electrons. The zero-order valence-corrected chi connectivity index (χ0v) is 17.4. The zero-order valence-electron chi connectivity index (χ0n) is 17.4. The fraction of sp³-hybridized carbons (Fsp3) is 0.375. The van der Waals surface area contributed by atoms with E-state index in [2.05, 4.69) is 41.3 Å². The standard InChI is InChI=1S/C24H28N4O/c1-4-19-7-5-6-14-28(19)24(29)21-15-25-23-20(13-10-17(3)26-23)22(21)27-18-11-8-16(2)9-12-18/h8-13,15,19H,4-7,14H2,1-3H3,(H,25,26,27)/t19-/m1/s1. The summed E-state index contributed by atoms with van der Waals surface area (Å²) in [6, 6.07) is 12.5. The predicted molar refractivity (Wildman–Crippen MR) is 118 cm³/mol. The Balaban J connectivity index is 1.81. The number of nitrogens with one attached hydrogen (secondary N) is 1. The number of rotatable bonds is 4. The van der Waals surface area contributed by atoms with Gasteiger partial charge in [0.2, 0.25) is 0 Å². The number of fused-ring (bicyclic) bond motifs is 1. The average Bonchev–Trinajstić information content (AvgIpc) is 2.74. The fourth-order valence-corrected chi connectivity index (χ4v) is 4.10. The number of pyridine rings is 2. The minimum absolute atomic E-state index is 0.0566. The third kappa shape index (κ3) is 3.95. The summed E-state index contributed by atoms with van der Waals surface area (Å²) in [5.74, 6) is 0.0566. The minimum Gasteiger partial charge on any atom is -0.354 e. The van der Waals surface area contributed by atoms with Gasteiger partial charge in [-0.2, -0.15) is 0 Å². The van der Waals surface area contributed by atoms with Crippen molar-refractivity contribution >= 4 is 28.3 Å². The number of amides is 1. The Labute approximate surface area is 172 Å². The van der Waals surface area contributed by atoms with Crippen LogP contribution in [0.3, 0.4) is 0 Å². The van der Waals surface area contributed by atoms with Crippen LogP contribution in [0.25, 0.3) is 11.0 Å². The van der Waals surface area contributed by atoms with E-state index in [-0.39, 0.29) is 5.91 Å². The van der Waals surface area contributed by atoms with Gasteiger partial charge in [-0.15, -0.1) is 0 Å². The van der Waals surface area contributed by atoms with Crippen LogP contribution in [0, 0.1) is 13.8 Å². The lowest BCUT2D eigenvalue weighted by atomic mass is 9.98. The Bertz CT molecular complexity index is 1030. The van der Waals surface area contributed by atoms with Crippen molar-refractivity contribution in [3.63, 3.8) is 0 Å². The summed E-state index contributed by atoms with van der Waals surface area (Å²) in [5.41, 5.74) is 5.11. The van der Waals surface area contributed by atoms with Crippen molar-refractivity contribution in [2.75, 3.05) is 11.9 Å². The lowest BCUT2D eigenvalue weighted by Gasteiger charge is -2.35. The maximum Gasteiger partial charge on any atom is 0.257 e. The second-order valence-electron chi connectivity index (χ2n) is 7.92. The number of likely N-dealkylation sites (tertiary alicyclic amines) is 1. The van der Waals surface area contributed by atoms with Crippen LogP contribution in [-0.2, 0) is 0 Å². The predicted octanol–water partition coefficient (Wildman–Crippen LogP) is 5.39. The van der Waals surface area contributed by atoms with Gasteiger partial charge in [-0.1, -0.05) is 24.6 Å². The van der Waals surface area contributed by atoms with Gasteiger partial charge in [0, 0.05) is 35.6 Å². The zero-order chi connectivity index (χ0) is 20.4. The molecule has 0 bridgehead atoms. The molecule has 29 heavy (non-hydrogen) atoms. The number of anilines is 2. The topological polar surface area (TPSA) is 58.1 Å². The summed E-state index contributed by atoms with van der Waals surface area (Å²) in [5, 5.41) is 4.36. The van der Waals surface area contributed by atoms with Crippen molar-refractivity contribution < 1.29 is 4.79 Å². The van der Waals surface area contributed by atoms with Crippen LogP contribution in [0.5, 0.6) is 0 Å². The van der Waals surface area contributed by atoms with Crippen molar-refractivity contribution in [3.05, 3.63) is 59.4 Å². The first kappa shape index (κ1) is 19.4. The monoisotopic (exact) mass is 388 g/mol. The molecule has 1 saturated heterocycles. The molecule has 1 aromatic carbocycles. The number of carbonyl (C=O) groups excluding carboxylic acids is 1. The highest BCUT2D eigenvalue weighted by molar-refractivity contribution is 6.07. The van der Waals surface area contributed by atoms with Gasteiger partial charge in [-0.25, -0.2) is 9.97 Å². The number of hydrogen-bond donors (Lipinski definition) is 1. The van der Waals surface area contributed by atoms with Gasteiger partial charge in [0.25, 0.3) is 5.91 Å². The van der Waals surface area contributed by atoms with Crippen LogP contribution in [0.4, 0.5) is 11.4 Å². The molecule has 0 unspecified atom stereocenters. The molecular formula is C24H28N4O. The lowest BCUT2D eigenvalue weighted by Crippen LogP contribution is -2.43. The quantitative estimate of drug-likeness (QED) is 0.650. The normalized spacial score (nSPS) is 16.8. The molecule has 1 atom stereocenters. The summed E-state index contributed by atoms with van der Waals surface area (Å²) in [4.78, 5) is 24.7. The highest BCUT2D eigenvalue weighted by atomic mass is 16.2. The maximum atomic E-state index is 13.6. The number of nitrogens with zero attached hydrogens (tertiary/aromatic N) is 3. The first-order chi connectivity index (χ1) is 14.1. The van der Waals surface area contributed by atoms with E-state index in [9.17, 15) is 4.79 Å². The van der Waals surface area contributed by atoms with Crippen LogP contribution in [0.15, 0.2) is 42.6 Å². The Morgan fingerprint density at radius 3 is 2.69 bits per heavy atom. The third-order valence-corrected chi connectivity index (χ3v) is 5.78. The summed E-state index contributed by atoms with van der Waals surface area (Å²) >= 11 is 0. The smallest absolute Gasteiger partial charge is 0.257 e. The third-order valence-electron chi connectivity index (χ3n) is 5.78. The number of aryl methyl sites for hydroxylation is 2. The number of hydrogen-bond acceptors (Lipinski definition) is 4. The van der Waals surface area contributed by atoms with Gasteiger partial charge in [-0.05, 0) is 63.8 Å². The van der Waals surface area contributed by atoms with E-state index in [1.54, 1.807) is 6.20 Å². The molecule has 0 saturated carbocycles. The van der Waals surface area contributed by atoms with Gasteiger partial charge in [-0.3, -0.25) is 4.79 Å². The van der Waals surface area contributed by atoms with Crippen LogP contribution in [0.2, 0.25) is 0 Å². The van der Waals surface area contributed by atoms with E-state index < -0.39 is 0 Å². The minimum atomic E-state index is 0.0566. The van der Waals surface area contributed by atoms with E-state index in [4.69, 9.17) is 0 Å². The van der Waals surface area contributed by atoms with Gasteiger partial charge in [0.05, 0.1) is 11.3 Å². The van der Waals surface area contributed by atoms with E-state index in [0.717, 1.165) is 48.3 Å². The molecule has 1 aliphatic rings. The maximum absolute atomic E-state index is 13.6. The van der Waals surface area contributed by atoms with E-state index >= 15 is 0 Å². The summed E-state index contributed by atoms with van der Waals surface area (Å²) in [6.45, 7) is 6.99. The molecule has 3 aromatic rings. The molecule has 2 aromatic heterocycles. The molecule has 0 spiro atoms. The average molecular weight is 389 g/mol. The molecule has 5 heteroatoms. The van der Waals surface area contributed by atoms with Crippen LogP contribution < -0.4 is 5.32 Å². The van der Waals surface area contributed by atoms with Crippen molar-refractivity contribution in [2.24, 2.45) is 0 Å². The largest absolute Gasteiger partial charge is 0.354 e. The van der Waals surface area contributed by atoms with Gasteiger partial charge >= 0.3 is 0 Å². The Morgan fingerprint density at radius 1 is 1.14 bits per heavy atom. The molecule has 1 aliphatic heterocycles. The molecule has 4 rings (SSSR count). The highest BCUT2D eigenvalue weighted by Crippen LogP contribution is 2.31. The summed E-state index contributed by atoms with van der Waals surface area (Å²) in [7, 11) is 0. The molecule has 5 nitrogen and oxygen atoms in total. The Morgan fingerprint density at radius 2 is 1.93 bits per heavy atom. The van der Waals surface area contributed by atoms with Crippen molar-refractivity contribution in [1.82, 2.24) is 14.9 Å². The van der Waals surface area contributed by atoms with Crippen molar-refractivity contribution in [2.45, 2.75) is 52.5 Å². The molecule has 1 N–H and O–H groups in total. The highest BCUT2D eigenvalue weighted by Gasteiger charge is 2.28. The lowest BCUT2D eigenvalue weighted by molar-refractivity contribution is 0.0609. The van der Waals surface area contributed by atoms with Crippen molar-refractivity contribution in [3.8, 4) is 0 Å². The first-order valence-corrected chi connectivity index (χ1v) is 10.5. The second kappa shape index (κ2) is 8.19. The number of benzene rings is 1. The first-order valence-electron chi connectivity index (χ1n) is 10.5. The Kier molecular flexibility index (Phi) is 5.47. The van der Waals surface area contributed by atoms with Crippen LogP contribution in [0.1, 0.15) is 54.2 Å². The number of aromatic nitrogens is 2. The summed E-state index contributed by atoms with van der Waals surface area (Å²) < 4.78 is 0. The molecule has 1 fully saturated rings. The van der Waals surface area contributed by atoms with E-state index in [1.165, 1.54) is 12.0 Å². The molecule has 0 aliphatic carbocycles. The van der Waals surface area contributed by atoms with Crippen LogP contribution in [-0.4, -0.2) is 33.4 Å². The van der Waals surface area contributed by atoms with Crippen molar-refractivity contribution in [1.29, 1.82) is 0 Å². The number of piperidine rings is 1. The second-order valence-corrected chi connectivity index (χ2v) is 7.92. The molecular weight excluding hydrogens is 360 g/mol. The fourth-order valence-electron chi connectivity index (χ4n) is 4.10. The molecule has 1 amide bonds. The number of carbonyl (C=O) groups is 1. The van der Waals surface area contributed by atoms with Gasteiger partial charge < -0.3 is 10.2 Å². The van der Waals surface area contributed by atoms with Gasteiger partial charge in [0.1, 0.15) is 0 Å².